The van der Waals surface area contributed by atoms with Crippen LogP contribution in [0.15, 0.2) is 24.3 Å². The Kier molecular flexibility index (Phi) is 1.51. The van der Waals surface area contributed by atoms with Crippen LogP contribution in [-0.2, 0) is 10.3 Å². The van der Waals surface area contributed by atoms with Gasteiger partial charge in [0.2, 0.25) is 4.77 Å². The fraction of sp³-hybridized carbons (Fsp3) is 0. The van der Waals surface area contributed by atoms with Gasteiger partial charge in [-0.1, -0.05) is 12.1 Å². The third kappa shape index (κ3) is 1.04. The monoisotopic (exact) mass is 182 g/mol. The van der Waals surface area contributed by atoms with Crippen LogP contribution < -0.4 is 0 Å². The predicted octanol–water partition coefficient (Wildman–Crippen LogP) is 0.907. The number of rotatable bonds is 0. The number of aromatic nitrogens is 2. The second-order valence-corrected chi connectivity index (χ2v) is 3.24. The van der Waals surface area contributed by atoms with Gasteiger partial charge in [-0.2, -0.15) is 8.42 Å². The number of para-hydroxylation sites is 2. The van der Waals surface area contributed by atoms with E-state index in [1.807, 2.05) is 24.3 Å². The predicted molar refractivity (Wildman–Crippen MR) is 44.8 cm³/mol. The Hall–Kier alpha value is -1.49. The number of hydrogen-bond acceptors (Lipinski definition) is 2. The topological polar surface area (TPSA) is 65.7 Å². The first-order valence-electron chi connectivity index (χ1n) is 3.36. The van der Waals surface area contributed by atoms with Gasteiger partial charge in [0.15, 0.2) is 0 Å². The van der Waals surface area contributed by atoms with Crippen molar-refractivity contribution in [3.8, 4) is 0 Å². The lowest BCUT2D eigenvalue weighted by atomic mass is 10.3. The van der Waals surface area contributed by atoms with E-state index in [-0.39, 0.29) is 4.77 Å². The molecule has 0 atom stereocenters. The van der Waals surface area contributed by atoms with Crippen molar-refractivity contribution in [1.82, 2.24) is 9.97 Å². The maximum Gasteiger partial charge on any atom is 0.256 e. The van der Waals surface area contributed by atoms with Crippen molar-refractivity contribution in [1.29, 1.82) is 0 Å². The molecule has 0 saturated heterocycles. The molecule has 12 heavy (non-hydrogen) atoms. The van der Waals surface area contributed by atoms with E-state index in [4.69, 9.17) is 0 Å². The average molecular weight is 182 g/mol. The summed E-state index contributed by atoms with van der Waals surface area (Å²) in [6.45, 7) is 0. The first-order chi connectivity index (χ1) is 5.77. The summed E-state index contributed by atoms with van der Waals surface area (Å²) in [4.78, 5) is 5.45. The van der Waals surface area contributed by atoms with Crippen LogP contribution in [-0.4, -0.2) is 18.4 Å². The number of fused-ring (bicyclic) bond motifs is 1. The summed E-state index contributed by atoms with van der Waals surface area (Å²) in [7, 11) is -2.22. The van der Waals surface area contributed by atoms with E-state index in [0.717, 1.165) is 11.0 Å². The zero-order valence-electron chi connectivity index (χ0n) is 6.03. The van der Waals surface area contributed by atoms with Crippen molar-refractivity contribution in [2.24, 2.45) is 0 Å². The molecule has 1 heterocycles. The lowest BCUT2D eigenvalue weighted by molar-refractivity contribution is 0.623. The van der Waals surface area contributed by atoms with Gasteiger partial charge in [-0.05, 0) is 12.1 Å². The van der Waals surface area contributed by atoms with Gasteiger partial charge in [0.1, 0.15) is 0 Å². The molecular weight excluding hydrogens is 176 g/mol. The molecule has 0 saturated carbocycles. The van der Waals surface area contributed by atoms with Gasteiger partial charge < -0.3 is 9.97 Å². The Morgan fingerprint density at radius 3 is 1.92 bits per heavy atom. The smallest absolute Gasteiger partial charge is 0.256 e. The van der Waals surface area contributed by atoms with Gasteiger partial charge in [-0.25, -0.2) is 0 Å². The third-order valence-electron chi connectivity index (χ3n) is 1.59. The zero-order chi connectivity index (χ0) is 8.55. The largest absolute Gasteiger partial charge is 0.327 e. The highest BCUT2D eigenvalue weighted by molar-refractivity contribution is 7.63. The summed E-state index contributed by atoms with van der Waals surface area (Å²) in [6, 6.07) is 7.29. The van der Waals surface area contributed by atoms with Gasteiger partial charge in [0.05, 0.1) is 11.0 Å². The zero-order valence-corrected chi connectivity index (χ0v) is 6.85. The molecule has 5 heteroatoms. The molecule has 1 aromatic heterocycles. The van der Waals surface area contributed by atoms with Crippen molar-refractivity contribution in [3.05, 3.63) is 29.0 Å². The van der Waals surface area contributed by atoms with E-state index in [1.54, 1.807) is 0 Å². The molecule has 0 bridgehead atoms. The van der Waals surface area contributed by atoms with Crippen molar-refractivity contribution in [3.63, 3.8) is 0 Å². The molecule has 0 aliphatic rings. The Labute approximate surface area is 69.4 Å². The third-order valence-corrected chi connectivity index (χ3v) is 2.13. The Morgan fingerprint density at radius 1 is 1.00 bits per heavy atom. The highest BCUT2D eigenvalue weighted by Gasteiger charge is 1.93. The molecule has 0 spiro atoms. The normalized spacial score (nSPS) is 10.3. The molecule has 4 nitrogen and oxygen atoms in total. The molecule has 1 aromatic carbocycles. The minimum atomic E-state index is -2.22. The van der Waals surface area contributed by atoms with Crippen LogP contribution in [0.2, 0.25) is 0 Å². The summed E-state index contributed by atoms with van der Waals surface area (Å²) in [5, 5.41) is 0. The fourth-order valence-electron chi connectivity index (χ4n) is 1.06. The quantitative estimate of drug-likeness (QED) is 0.594. The Bertz CT molecular complexity index is 532. The van der Waals surface area contributed by atoms with Crippen molar-refractivity contribution < 1.29 is 8.42 Å². The lowest BCUT2D eigenvalue weighted by Gasteiger charge is -1.82. The lowest BCUT2D eigenvalue weighted by Crippen LogP contribution is -1.68. The standard InChI is InChI=1S/C7H6N2O2S/c10-12(11)7-8-5-3-1-2-4-6(5)9-7/h1-4,8-9H. The highest BCUT2D eigenvalue weighted by Crippen LogP contribution is 2.06. The van der Waals surface area contributed by atoms with E-state index in [1.165, 1.54) is 0 Å². The molecule has 62 valence electrons. The molecule has 2 aromatic rings. The van der Waals surface area contributed by atoms with E-state index in [2.05, 4.69) is 9.97 Å². The number of aromatic amines is 2. The van der Waals surface area contributed by atoms with E-state index in [9.17, 15) is 8.42 Å². The first kappa shape index (κ1) is 7.17. The van der Waals surface area contributed by atoms with Crippen LogP contribution in [0.4, 0.5) is 0 Å². The van der Waals surface area contributed by atoms with Crippen LogP contribution >= 0.6 is 0 Å². The van der Waals surface area contributed by atoms with Gasteiger partial charge in [0.25, 0.3) is 10.3 Å². The second-order valence-electron chi connectivity index (χ2n) is 2.36. The average Bonchev–Trinajstić information content (AvgIpc) is 2.46. The maximum absolute atomic E-state index is 10.5. The summed E-state index contributed by atoms with van der Waals surface area (Å²) < 4.78 is 21.1. The van der Waals surface area contributed by atoms with Crippen LogP contribution in [0.1, 0.15) is 0 Å². The van der Waals surface area contributed by atoms with E-state index in [0.29, 0.717) is 0 Å². The van der Waals surface area contributed by atoms with Crippen LogP contribution in [0, 0.1) is 4.77 Å². The summed E-state index contributed by atoms with van der Waals surface area (Å²) in [6.07, 6.45) is 0. The molecular formula is C7H6N2O2S. The number of benzene rings is 1. The first-order valence-corrected chi connectivity index (χ1v) is 4.44. The van der Waals surface area contributed by atoms with Crippen molar-refractivity contribution in [2.45, 2.75) is 0 Å². The molecule has 0 aliphatic heterocycles. The maximum atomic E-state index is 10.5. The SMILES string of the molecule is O=S(=O)=c1[nH]c2ccccc2[nH]1. The van der Waals surface area contributed by atoms with Gasteiger partial charge in [0, 0.05) is 0 Å². The second kappa shape index (κ2) is 2.53. The van der Waals surface area contributed by atoms with E-state index < -0.39 is 10.3 Å². The van der Waals surface area contributed by atoms with Gasteiger partial charge in [-0.15, -0.1) is 0 Å². The summed E-state index contributed by atoms with van der Waals surface area (Å²) >= 11 is 0. The molecule has 0 unspecified atom stereocenters. The number of imidazole rings is 1. The highest BCUT2D eigenvalue weighted by atomic mass is 32.2. The minimum absolute atomic E-state index is 0.108. The van der Waals surface area contributed by atoms with E-state index >= 15 is 0 Å². The van der Waals surface area contributed by atoms with Gasteiger partial charge >= 0.3 is 0 Å². The number of hydrogen-bond donors (Lipinski definition) is 2. The van der Waals surface area contributed by atoms with Crippen LogP contribution in [0.3, 0.4) is 0 Å². The fourth-order valence-corrected chi connectivity index (χ4v) is 1.45. The Morgan fingerprint density at radius 2 is 1.50 bits per heavy atom. The summed E-state index contributed by atoms with van der Waals surface area (Å²) in [5.74, 6) is 0. The van der Waals surface area contributed by atoms with Gasteiger partial charge in [-0.3, -0.25) is 0 Å². The van der Waals surface area contributed by atoms with Crippen LogP contribution in [0.25, 0.3) is 11.0 Å². The molecule has 0 fully saturated rings. The van der Waals surface area contributed by atoms with Crippen molar-refractivity contribution in [2.75, 3.05) is 0 Å². The molecule has 2 N–H and O–H groups in total. The number of H-pyrrole nitrogens is 2. The van der Waals surface area contributed by atoms with Crippen LogP contribution in [0.5, 0.6) is 0 Å². The molecule has 2 rings (SSSR count). The molecule has 0 radical (unpaired) electrons. The molecule has 0 amide bonds. The number of nitrogens with one attached hydrogen (secondary N) is 2. The molecule has 0 aliphatic carbocycles. The van der Waals surface area contributed by atoms with Crippen molar-refractivity contribution >= 4 is 21.3 Å². The summed E-state index contributed by atoms with van der Waals surface area (Å²) in [5.41, 5.74) is 1.58. The Balaban J connectivity index is 3.08. The minimum Gasteiger partial charge on any atom is -0.327 e.